The number of rotatable bonds is 7. The molecule has 1 aliphatic carbocycles. The predicted octanol–water partition coefficient (Wildman–Crippen LogP) is 3.32. The van der Waals surface area contributed by atoms with Gasteiger partial charge in [-0.15, -0.1) is 16.9 Å². The Morgan fingerprint density at radius 1 is 1.44 bits per heavy atom. The summed E-state index contributed by atoms with van der Waals surface area (Å²) in [4.78, 5) is 12.1. The number of methoxy groups -OCH3 is 1. The van der Waals surface area contributed by atoms with Gasteiger partial charge in [0.05, 0.1) is 29.7 Å². The van der Waals surface area contributed by atoms with Gasteiger partial charge in [-0.2, -0.15) is 0 Å². The number of nitrogens with zero attached hydrogens (tertiary/aromatic N) is 4. The fourth-order valence-corrected chi connectivity index (χ4v) is 3.91. The minimum absolute atomic E-state index is 0.0916. The Hall–Kier alpha value is -1.80. The maximum atomic E-state index is 12.1. The van der Waals surface area contributed by atoms with Crippen molar-refractivity contribution in [2.45, 2.75) is 37.5 Å². The van der Waals surface area contributed by atoms with E-state index in [-0.39, 0.29) is 5.91 Å². The topological polar surface area (TPSA) is 81.9 Å². The predicted molar refractivity (Wildman–Crippen MR) is 98.1 cm³/mol. The molecule has 0 saturated heterocycles. The van der Waals surface area contributed by atoms with Crippen LogP contribution < -0.4 is 10.1 Å². The molecule has 0 aliphatic heterocycles. The van der Waals surface area contributed by atoms with Crippen molar-refractivity contribution in [2.75, 3.05) is 18.2 Å². The SMILES string of the molecule is COc1ccc(NC(=O)CSCc2nnnn2C2CCCC2)cc1Cl. The third-order valence-corrected chi connectivity index (χ3v) is 5.36. The van der Waals surface area contributed by atoms with Gasteiger partial charge in [-0.1, -0.05) is 24.4 Å². The van der Waals surface area contributed by atoms with Crippen molar-refractivity contribution in [3.8, 4) is 5.75 Å². The first kappa shape index (κ1) is 18.0. The second-order valence-electron chi connectivity index (χ2n) is 5.87. The van der Waals surface area contributed by atoms with Crippen molar-refractivity contribution in [1.29, 1.82) is 0 Å². The molecule has 1 aliphatic rings. The number of ether oxygens (including phenoxy) is 1. The van der Waals surface area contributed by atoms with Crippen molar-refractivity contribution in [3.05, 3.63) is 29.0 Å². The largest absolute Gasteiger partial charge is 0.495 e. The van der Waals surface area contributed by atoms with Crippen LogP contribution in [0.2, 0.25) is 5.02 Å². The summed E-state index contributed by atoms with van der Waals surface area (Å²) in [5.41, 5.74) is 0.646. The zero-order chi connectivity index (χ0) is 17.6. The normalized spacial score (nSPS) is 14.6. The first-order valence-corrected chi connectivity index (χ1v) is 9.68. The van der Waals surface area contributed by atoms with Gasteiger partial charge in [-0.25, -0.2) is 4.68 Å². The number of hydrogen-bond donors (Lipinski definition) is 1. The zero-order valence-corrected chi connectivity index (χ0v) is 15.5. The number of aromatic nitrogens is 4. The van der Waals surface area contributed by atoms with E-state index in [1.54, 1.807) is 25.3 Å². The molecule has 7 nitrogen and oxygen atoms in total. The van der Waals surface area contributed by atoms with Gasteiger partial charge in [0.1, 0.15) is 5.75 Å². The molecule has 25 heavy (non-hydrogen) atoms. The summed E-state index contributed by atoms with van der Waals surface area (Å²) in [6, 6.07) is 5.55. The zero-order valence-electron chi connectivity index (χ0n) is 13.9. The highest BCUT2D eigenvalue weighted by Gasteiger charge is 2.21. The number of carbonyl (C=O) groups excluding carboxylic acids is 1. The van der Waals surface area contributed by atoms with Crippen LogP contribution in [0.3, 0.4) is 0 Å². The van der Waals surface area contributed by atoms with Gasteiger partial charge in [-0.05, 0) is 41.5 Å². The van der Waals surface area contributed by atoms with Gasteiger partial charge in [0.2, 0.25) is 5.91 Å². The number of halogens is 1. The first-order chi connectivity index (χ1) is 12.2. The molecule has 0 spiro atoms. The molecule has 2 aromatic rings. The minimum atomic E-state index is -0.0916. The number of benzene rings is 1. The molecular formula is C16H20ClN5O2S. The molecule has 1 aromatic heterocycles. The number of tetrazole rings is 1. The second kappa shape index (κ2) is 8.53. The lowest BCUT2D eigenvalue weighted by Crippen LogP contribution is -2.15. The van der Waals surface area contributed by atoms with Crippen LogP contribution in [0, 0.1) is 0 Å². The van der Waals surface area contributed by atoms with E-state index in [2.05, 4.69) is 20.8 Å². The van der Waals surface area contributed by atoms with Crippen LogP contribution in [-0.4, -0.2) is 39.0 Å². The summed E-state index contributed by atoms with van der Waals surface area (Å²) in [6.07, 6.45) is 4.71. The van der Waals surface area contributed by atoms with Crippen LogP contribution >= 0.6 is 23.4 Å². The highest BCUT2D eigenvalue weighted by atomic mass is 35.5. The van der Waals surface area contributed by atoms with Crippen LogP contribution in [0.5, 0.6) is 5.75 Å². The van der Waals surface area contributed by atoms with Crippen LogP contribution in [0.1, 0.15) is 37.5 Å². The van der Waals surface area contributed by atoms with Gasteiger partial charge < -0.3 is 10.1 Å². The molecule has 134 valence electrons. The van der Waals surface area contributed by atoms with E-state index in [9.17, 15) is 4.79 Å². The van der Waals surface area contributed by atoms with E-state index in [4.69, 9.17) is 16.3 Å². The van der Waals surface area contributed by atoms with E-state index < -0.39 is 0 Å². The Labute approximate surface area is 155 Å². The Morgan fingerprint density at radius 2 is 2.24 bits per heavy atom. The summed E-state index contributed by atoms with van der Waals surface area (Å²) >= 11 is 7.55. The lowest BCUT2D eigenvalue weighted by atomic mass is 10.2. The van der Waals surface area contributed by atoms with Crippen LogP contribution in [0.4, 0.5) is 5.69 Å². The highest BCUT2D eigenvalue weighted by Crippen LogP contribution is 2.30. The Kier molecular flexibility index (Phi) is 6.14. The maximum absolute atomic E-state index is 12.1. The molecule has 9 heteroatoms. The van der Waals surface area contributed by atoms with Crippen LogP contribution in [0.25, 0.3) is 0 Å². The molecule has 0 unspecified atom stereocenters. The number of anilines is 1. The summed E-state index contributed by atoms with van der Waals surface area (Å²) in [7, 11) is 1.55. The fraction of sp³-hybridized carbons (Fsp3) is 0.500. The Balaban J connectivity index is 1.48. The van der Waals surface area contributed by atoms with E-state index >= 15 is 0 Å². The molecule has 0 bridgehead atoms. The van der Waals surface area contributed by atoms with E-state index in [0.29, 0.717) is 34.0 Å². The molecule has 0 atom stereocenters. The summed E-state index contributed by atoms with van der Waals surface area (Å²) in [5.74, 6) is 2.25. The van der Waals surface area contributed by atoms with Crippen molar-refractivity contribution in [3.63, 3.8) is 0 Å². The average molecular weight is 382 g/mol. The van der Waals surface area contributed by atoms with Crippen LogP contribution in [0.15, 0.2) is 18.2 Å². The molecule has 1 heterocycles. The van der Waals surface area contributed by atoms with E-state index in [1.165, 1.54) is 24.6 Å². The molecule has 1 N–H and O–H groups in total. The third-order valence-electron chi connectivity index (χ3n) is 4.13. The molecule has 1 aromatic carbocycles. The number of thioether (sulfide) groups is 1. The molecule has 1 saturated carbocycles. The number of hydrogen-bond acceptors (Lipinski definition) is 6. The Morgan fingerprint density at radius 3 is 2.96 bits per heavy atom. The molecule has 1 amide bonds. The average Bonchev–Trinajstić information content (AvgIpc) is 3.26. The summed E-state index contributed by atoms with van der Waals surface area (Å²) in [6.45, 7) is 0. The third kappa shape index (κ3) is 4.64. The number of nitrogens with one attached hydrogen (secondary N) is 1. The van der Waals surface area contributed by atoms with Crippen molar-refractivity contribution in [1.82, 2.24) is 20.2 Å². The molecule has 0 radical (unpaired) electrons. The maximum Gasteiger partial charge on any atom is 0.234 e. The van der Waals surface area contributed by atoms with Gasteiger partial charge >= 0.3 is 0 Å². The second-order valence-corrected chi connectivity index (χ2v) is 7.26. The van der Waals surface area contributed by atoms with Gasteiger partial charge in [0.25, 0.3) is 0 Å². The lowest BCUT2D eigenvalue weighted by molar-refractivity contribution is -0.113. The van der Waals surface area contributed by atoms with Crippen molar-refractivity contribution in [2.24, 2.45) is 0 Å². The summed E-state index contributed by atoms with van der Waals surface area (Å²) < 4.78 is 7.01. The monoisotopic (exact) mass is 381 g/mol. The quantitative estimate of drug-likeness (QED) is 0.792. The van der Waals surface area contributed by atoms with E-state index in [0.717, 1.165) is 18.7 Å². The number of amides is 1. The number of carbonyl (C=O) groups is 1. The fourth-order valence-electron chi connectivity index (χ4n) is 2.92. The standard InChI is InChI=1S/C16H20ClN5O2S/c1-24-14-7-6-11(8-13(14)17)18-16(23)10-25-9-15-19-20-21-22(15)12-4-2-3-5-12/h6-8,12H,2-5,9-10H2,1H3,(H,18,23). The smallest absolute Gasteiger partial charge is 0.234 e. The van der Waals surface area contributed by atoms with Gasteiger partial charge in [0, 0.05) is 5.69 Å². The minimum Gasteiger partial charge on any atom is -0.495 e. The lowest BCUT2D eigenvalue weighted by Gasteiger charge is -2.11. The van der Waals surface area contributed by atoms with E-state index in [1.807, 2.05) is 4.68 Å². The molecule has 3 rings (SSSR count). The van der Waals surface area contributed by atoms with Gasteiger partial charge in [-0.3, -0.25) is 4.79 Å². The van der Waals surface area contributed by atoms with Crippen molar-refractivity contribution < 1.29 is 9.53 Å². The van der Waals surface area contributed by atoms with Crippen molar-refractivity contribution >= 4 is 35.0 Å². The van der Waals surface area contributed by atoms with Gasteiger partial charge in [0.15, 0.2) is 5.82 Å². The summed E-state index contributed by atoms with van der Waals surface area (Å²) in [5, 5.41) is 15.3. The Bertz CT molecular complexity index is 733. The molecular weight excluding hydrogens is 362 g/mol. The molecule has 1 fully saturated rings. The van der Waals surface area contributed by atoms with Crippen LogP contribution in [-0.2, 0) is 10.5 Å². The highest BCUT2D eigenvalue weighted by molar-refractivity contribution is 7.99. The first-order valence-electron chi connectivity index (χ1n) is 8.15.